The SMILES string of the molecule is CNC(=O)CN1CCN(C(=O)c2cc(Oc3ccc(CCN)cc3)ccc2F)CC1. The molecule has 2 aromatic rings. The fourth-order valence-corrected chi connectivity index (χ4v) is 3.32. The van der Waals surface area contributed by atoms with Crippen molar-refractivity contribution < 1.29 is 18.7 Å². The van der Waals surface area contributed by atoms with Gasteiger partial charge in [-0.3, -0.25) is 14.5 Å². The molecule has 8 heteroatoms. The third-order valence-electron chi connectivity index (χ3n) is 5.07. The molecule has 0 spiro atoms. The first kappa shape index (κ1) is 21.7. The van der Waals surface area contributed by atoms with E-state index >= 15 is 0 Å². The van der Waals surface area contributed by atoms with Crippen molar-refractivity contribution in [3.8, 4) is 11.5 Å². The number of benzene rings is 2. The minimum atomic E-state index is -0.585. The fraction of sp³-hybridized carbons (Fsp3) is 0.364. The molecule has 160 valence electrons. The van der Waals surface area contributed by atoms with Gasteiger partial charge in [0.25, 0.3) is 5.91 Å². The number of hydrogen-bond acceptors (Lipinski definition) is 5. The largest absolute Gasteiger partial charge is 0.457 e. The summed E-state index contributed by atoms with van der Waals surface area (Å²) >= 11 is 0. The van der Waals surface area contributed by atoms with Crippen molar-refractivity contribution in [2.45, 2.75) is 6.42 Å². The van der Waals surface area contributed by atoms with E-state index in [9.17, 15) is 14.0 Å². The van der Waals surface area contributed by atoms with Gasteiger partial charge in [-0.25, -0.2) is 4.39 Å². The summed E-state index contributed by atoms with van der Waals surface area (Å²) in [6.07, 6.45) is 0.784. The van der Waals surface area contributed by atoms with Crippen LogP contribution in [-0.2, 0) is 11.2 Å². The molecule has 0 aromatic heterocycles. The number of halogens is 1. The van der Waals surface area contributed by atoms with Crippen LogP contribution < -0.4 is 15.8 Å². The van der Waals surface area contributed by atoms with Gasteiger partial charge in [0.2, 0.25) is 5.91 Å². The quantitative estimate of drug-likeness (QED) is 0.719. The summed E-state index contributed by atoms with van der Waals surface area (Å²) in [5.41, 5.74) is 6.64. The van der Waals surface area contributed by atoms with Gasteiger partial charge in [0.15, 0.2) is 0 Å². The number of carbonyl (C=O) groups is 2. The van der Waals surface area contributed by atoms with Gasteiger partial charge < -0.3 is 20.7 Å². The van der Waals surface area contributed by atoms with Crippen LogP contribution in [0, 0.1) is 5.82 Å². The van der Waals surface area contributed by atoms with Crippen LogP contribution in [-0.4, -0.2) is 67.9 Å². The monoisotopic (exact) mass is 414 g/mol. The van der Waals surface area contributed by atoms with E-state index in [-0.39, 0.29) is 17.4 Å². The van der Waals surface area contributed by atoms with Gasteiger partial charge in [0, 0.05) is 33.2 Å². The number of nitrogens with two attached hydrogens (primary N) is 1. The average molecular weight is 414 g/mol. The van der Waals surface area contributed by atoms with Gasteiger partial charge in [-0.05, 0) is 48.9 Å². The Kier molecular flexibility index (Phi) is 7.37. The van der Waals surface area contributed by atoms with Gasteiger partial charge in [-0.1, -0.05) is 12.1 Å². The van der Waals surface area contributed by atoms with E-state index in [2.05, 4.69) is 5.32 Å². The van der Waals surface area contributed by atoms with E-state index in [1.807, 2.05) is 29.2 Å². The predicted molar refractivity (Wildman–Crippen MR) is 112 cm³/mol. The highest BCUT2D eigenvalue weighted by Crippen LogP contribution is 2.25. The minimum absolute atomic E-state index is 0.0213. The van der Waals surface area contributed by atoms with Gasteiger partial charge in [-0.2, -0.15) is 0 Å². The number of piperazine rings is 1. The molecule has 0 radical (unpaired) electrons. The van der Waals surface area contributed by atoms with Crippen molar-refractivity contribution in [3.05, 3.63) is 59.4 Å². The zero-order valence-electron chi connectivity index (χ0n) is 17.1. The van der Waals surface area contributed by atoms with Crippen LogP contribution in [0.5, 0.6) is 11.5 Å². The number of hydrogen-bond donors (Lipinski definition) is 2. The summed E-state index contributed by atoms with van der Waals surface area (Å²) in [4.78, 5) is 27.9. The number of carbonyl (C=O) groups excluding carboxylic acids is 2. The Morgan fingerprint density at radius 3 is 2.37 bits per heavy atom. The van der Waals surface area contributed by atoms with E-state index < -0.39 is 5.82 Å². The number of amides is 2. The van der Waals surface area contributed by atoms with Gasteiger partial charge in [0.05, 0.1) is 12.1 Å². The van der Waals surface area contributed by atoms with E-state index in [1.54, 1.807) is 11.9 Å². The second-order valence-electron chi connectivity index (χ2n) is 7.17. The Balaban J connectivity index is 1.64. The maximum absolute atomic E-state index is 14.4. The third-order valence-corrected chi connectivity index (χ3v) is 5.07. The molecule has 0 bridgehead atoms. The Morgan fingerprint density at radius 1 is 1.07 bits per heavy atom. The maximum atomic E-state index is 14.4. The zero-order chi connectivity index (χ0) is 21.5. The Labute approximate surface area is 175 Å². The molecule has 1 aliphatic rings. The smallest absolute Gasteiger partial charge is 0.257 e. The summed E-state index contributed by atoms with van der Waals surface area (Å²) in [7, 11) is 1.59. The highest BCUT2D eigenvalue weighted by Gasteiger charge is 2.25. The van der Waals surface area contributed by atoms with Gasteiger partial charge in [-0.15, -0.1) is 0 Å². The number of nitrogens with one attached hydrogen (secondary N) is 1. The maximum Gasteiger partial charge on any atom is 0.257 e. The minimum Gasteiger partial charge on any atom is -0.457 e. The lowest BCUT2D eigenvalue weighted by molar-refractivity contribution is -0.122. The number of nitrogens with zero attached hydrogens (tertiary/aromatic N) is 2. The second-order valence-corrected chi connectivity index (χ2v) is 7.17. The van der Waals surface area contributed by atoms with Crippen molar-refractivity contribution >= 4 is 11.8 Å². The standard InChI is InChI=1S/C22H27FN4O3/c1-25-21(28)15-26-10-12-27(13-11-26)22(29)19-14-18(6-7-20(19)23)30-17-4-2-16(3-5-17)8-9-24/h2-7,14H,8-13,15,24H2,1H3,(H,25,28). The van der Waals surface area contributed by atoms with Crippen molar-refractivity contribution in [1.82, 2.24) is 15.1 Å². The van der Waals surface area contributed by atoms with Crippen LogP contribution in [0.1, 0.15) is 15.9 Å². The lowest BCUT2D eigenvalue weighted by Crippen LogP contribution is -2.51. The van der Waals surface area contributed by atoms with Crippen molar-refractivity contribution in [2.24, 2.45) is 5.73 Å². The molecule has 0 unspecified atom stereocenters. The van der Waals surface area contributed by atoms with E-state index in [1.165, 1.54) is 18.2 Å². The molecule has 30 heavy (non-hydrogen) atoms. The van der Waals surface area contributed by atoms with Crippen LogP contribution in [0.4, 0.5) is 4.39 Å². The van der Waals surface area contributed by atoms with Crippen LogP contribution >= 0.6 is 0 Å². The lowest BCUT2D eigenvalue weighted by Gasteiger charge is -2.34. The zero-order valence-corrected chi connectivity index (χ0v) is 17.1. The van der Waals surface area contributed by atoms with Crippen LogP contribution in [0.2, 0.25) is 0 Å². The summed E-state index contributed by atoms with van der Waals surface area (Å²) < 4.78 is 20.2. The Morgan fingerprint density at radius 2 is 1.73 bits per heavy atom. The second kappa shape index (κ2) is 10.2. The molecule has 3 rings (SSSR count). The van der Waals surface area contributed by atoms with Crippen LogP contribution in [0.15, 0.2) is 42.5 Å². The van der Waals surface area contributed by atoms with E-state index in [0.717, 1.165) is 12.0 Å². The molecule has 1 saturated heterocycles. The predicted octanol–water partition coefficient (Wildman–Crippen LogP) is 1.62. The molecule has 0 saturated carbocycles. The molecule has 7 nitrogen and oxygen atoms in total. The van der Waals surface area contributed by atoms with Crippen molar-refractivity contribution in [2.75, 3.05) is 46.3 Å². The lowest BCUT2D eigenvalue weighted by atomic mass is 10.1. The summed E-state index contributed by atoms with van der Waals surface area (Å²) in [6, 6.07) is 11.7. The molecule has 1 aliphatic heterocycles. The van der Waals surface area contributed by atoms with E-state index in [4.69, 9.17) is 10.5 Å². The molecular formula is C22H27FN4O3. The summed E-state index contributed by atoms with van der Waals surface area (Å²) in [5, 5.41) is 2.58. The number of likely N-dealkylation sites (N-methyl/N-ethyl adjacent to an activating group) is 1. The van der Waals surface area contributed by atoms with Crippen molar-refractivity contribution in [3.63, 3.8) is 0 Å². The highest BCUT2D eigenvalue weighted by atomic mass is 19.1. The Hall–Kier alpha value is -2.97. The molecule has 0 aliphatic carbocycles. The van der Waals surface area contributed by atoms with Crippen LogP contribution in [0.25, 0.3) is 0 Å². The third kappa shape index (κ3) is 5.55. The van der Waals surface area contributed by atoms with Crippen LogP contribution in [0.3, 0.4) is 0 Å². The number of ether oxygens (including phenoxy) is 1. The molecule has 0 atom stereocenters. The molecule has 1 heterocycles. The normalized spacial score (nSPS) is 14.4. The topological polar surface area (TPSA) is 87.9 Å². The van der Waals surface area contributed by atoms with Gasteiger partial charge in [0.1, 0.15) is 17.3 Å². The molecule has 2 amide bonds. The highest BCUT2D eigenvalue weighted by molar-refractivity contribution is 5.95. The first-order chi connectivity index (χ1) is 14.5. The van der Waals surface area contributed by atoms with Gasteiger partial charge >= 0.3 is 0 Å². The summed E-state index contributed by atoms with van der Waals surface area (Å²) in [6.45, 7) is 2.86. The first-order valence-corrected chi connectivity index (χ1v) is 9.98. The first-order valence-electron chi connectivity index (χ1n) is 9.98. The number of rotatable bonds is 7. The molecule has 1 fully saturated rings. The van der Waals surface area contributed by atoms with Crippen molar-refractivity contribution in [1.29, 1.82) is 0 Å². The average Bonchev–Trinajstić information content (AvgIpc) is 2.76. The van der Waals surface area contributed by atoms with E-state index in [0.29, 0.717) is 50.8 Å². The fourth-order valence-electron chi connectivity index (χ4n) is 3.32. The molecule has 2 aromatic carbocycles. The summed E-state index contributed by atoms with van der Waals surface area (Å²) in [5.74, 6) is -0.0378. The molecule has 3 N–H and O–H groups in total. The molecular weight excluding hydrogens is 387 g/mol. The Bertz CT molecular complexity index is 880.